The van der Waals surface area contributed by atoms with Crippen molar-refractivity contribution in [3.05, 3.63) is 48.8 Å². The molecule has 0 radical (unpaired) electrons. The van der Waals surface area contributed by atoms with E-state index in [-0.39, 0.29) is 24.9 Å². The summed E-state index contributed by atoms with van der Waals surface area (Å²) in [4.78, 5) is 21.9. The van der Waals surface area contributed by atoms with Crippen LogP contribution in [0.5, 0.6) is 23.0 Å². The van der Waals surface area contributed by atoms with Gasteiger partial charge in [-0.3, -0.25) is 14.8 Å². The maximum Gasteiger partial charge on any atom is 0.290 e. The fraction of sp³-hybridized carbons (Fsp3) is 0.525. The number of anilines is 2. The van der Waals surface area contributed by atoms with Gasteiger partial charge in [0.2, 0.25) is 10.0 Å². The Balaban J connectivity index is 0.000000250. The van der Waals surface area contributed by atoms with Crippen LogP contribution in [0.2, 0.25) is 0 Å². The van der Waals surface area contributed by atoms with E-state index in [2.05, 4.69) is 36.1 Å². The molecule has 2 unspecified atom stereocenters. The van der Waals surface area contributed by atoms with Crippen molar-refractivity contribution in [2.45, 2.75) is 39.5 Å². The summed E-state index contributed by atoms with van der Waals surface area (Å²) in [6.45, 7) is 8.43. The lowest BCUT2D eigenvalue weighted by molar-refractivity contribution is -0.122. The van der Waals surface area contributed by atoms with Crippen molar-refractivity contribution in [1.82, 2.24) is 19.4 Å². The number of phenols is 1. The number of fused-ring (bicyclic) bond motifs is 2. The number of sulfonamides is 1. The minimum Gasteiger partial charge on any atom is -0.504 e. The Morgan fingerprint density at radius 2 is 1.23 bits per heavy atom. The second-order valence-corrected chi connectivity index (χ2v) is 18.2. The van der Waals surface area contributed by atoms with Crippen LogP contribution in [0.1, 0.15) is 39.5 Å². The van der Waals surface area contributed by atoms with Crippen LogP contribution in [0.3, 0.4) is 0 Å². The van der Waals surface area contributed by atoms with E-state index >= 15 is 0 Å². The van der Waals surface area contributed by atoms with Crippen molar-refractivity contribution in [1.29, 1.82) is 0 Å². The van der Waals surface area contributed by atoms with E-state index < -0.39 is 20.2 Å². The highest BCUT2D eigenvalue weighted by molar-refractivity contribution is 7.88. The standard InChI is InChI=1S/C21H31N3O5S.C18H26N4O4S.CH2O2/c1-15(13-23-30(4,25)26)16-6-9-24(10-7-16)19-5-8-22-18-12-20(28-3)21(11-17(18)19)29-14-27-2;1-12(11-21-27(19,24)25)13-4-7-22(8-5-13)16-3-6-20-15-10-18(26-2)17(23)9-14(15)16;2-1-3/h5,8,11-12,15-16,23H,6-7,9-10,13-14H2,1-4H3;3,6,9-10,12-13,21,23H,4-5,7-8,11H2,1-2H3,(H2,19,24,25);1H,(H,2,3). The lowest BCUT2D eigenvalue weighted by Gasteiger charge is -2.36. The molecule has 60 heavy (non-hydrogen) atoms. The monoisotopic (exact) mass is 877 g/mol. The van der Waals surface area contributed by atoms with E-state index in [0.717, 1.165) is 85.0 Å². The van der Waals surface area contributed by atoms with Crippen molar-refractivity contribution >= 4 is 59.9 Å². The molecule has 2 aliphatic heterocycles. The summed E-state index contributed by atoms with van der Waals surface area (Å²) in [6.07, 6.45) is 8.73. The molecule has 0 saturated carbocycles. The Morgan fingerprint density at radius 3 is 1.67 bits per heavy atom. The number of nitrogens with two attached hydrogens (primary N) is 1. The van der Waals surface area contributed by atoms with Gasteiger partial charge in [-0.2, -0.15) is 8.42 Å². The number of nitrogens with zero attached hydrogens (tertiary/aromatic N) is 4. The normalized spacial score (nSPS) is 16.2. The number of hydrogen-bond acceptors (Lipinski definition) is 14. The first kappa shape index (κ1) is 47.9. The number of hydrogen-bond donors (Lipinski definition) is 5. The SMILES string of the molecule is COCOc1cc2c(N3CCC(C(C)CNS(C)(=O)=O)CC3)ccnc2cc1OC.COc1cc2nccc(N3CCC(C(C)CNS(N)(=O)=O)CC3)c2cc1O.O=CO. The van der Waals surface area contributed by atoms with Gasteiger partial charge in [0, 0.05) is 93.1 Å². The molecule has 2 aromatic heterocycles. The van der Waals surface area contributed by atoms with Crippen LogP contribution in [0.15, 0.2) is 48.8 Å². The molecule has 4 aromatic rings. The molecule has 20 heteroatoms. The van der Waals surface area contributed by atoms with Crippen molar-refractivity contribution < 1.29 is 50.8 Å². The van der Waals surface area contributed by atoms with Crippen molar-refractivity contribution in [3.63, 3.8) is 0 Å². The van der Waals surface area contributed by atoms with E-state index in [0.29, 0.717) is 48.1 Å². The number of methoxy groups -OCH3 is 3. The van der Waals surface area contributed by atoms with Crippen LogP contribution in [0.4, 0.5) is 11.4 Å². The fourth-order valence-corrected chi connectivity index (χ4v) is 8.74. The number of piperidine rings is 2. The summed E-state index contributed by atoms with van der Waals surface area (Å²) in [6, 6.07) is 11.3. The lowest BCUT2D eigenvalue weighted by Crippen LogP contribution is -2.40. The number of benzene rings is 2. The zero-order valence-corrected chi connectivity index (χ0v) is 36.7. The second kappa shape index (κ2) is 22.2. The predicted octanol–water partition coefficient (Wildman–Crippen LogP) is 3.92. The Hall–Kier alpha value is -4.73. The average molecular weight is 878 g/mol. The molecule has 6 N–H and O–H groups in total. The van der Waals surface area contributed by atoms with Crippen LogP contribution >= 0.6 is 0 Å². The molecule has 2 atom stereocenters. The van der Waals surface area contributed by atoms with Crippen molar-refractivity contribution in [2.24, 2.45) is 28.8 Å². The van der Waals surface area contributed by atoms with Gasteiger partial charge in [-0.05, 0) is 73.6 Å². The number of nitrogens with one attached hydrogen (secondary N) is 2. The minimum atomic E-state index is -3.65. The average Bonchev–Trinajstić information content (AvgIpc) is 3.23. The maximum absolute atomic E-state index is 11.4. The molecule has 2 fully saturated rings. The van der Waals surface area contributed by atoms with Crippen molar-refractivity contribution in [3.8, 4) is 23.0 Å². The Bertz CT molecular complexity index is 2230. The highest BCUT2D eigenvalue weighted by atomic mass is 32.2. The largest absolute Gasteiger partial charge is 0.504 e. The first-order valence-corrected chi connectivity index (χ1v) is 23.0. The zero-order valence-electron chi connectivity index (χ0n) is 35.0. The molecule has 2 saturated heterocycles. The molecule has 2 aromatic carbocycles. The topological polar surface area (TPSA) is 245 Å². The Morgan fingerprint density at radius 1 is 0.783 bits per heavy atom. The number of ether oxygens (including phenoxy) is 4. The Labute approximate surface area is 352 Å². The molecule has 0 bridgehead atoms. The van der Waals surface area contributed by atoms with E-state index in [1.54, 1.807) is 32.5 Å². The van der Waals surface area contributed by atoms with Crippen molar-refractivity contribution in [2.75, 3.05) is 83.4 Å². The molecule has 4 heterocycles. The van der Waals surface area contributed by atoms with Crippen LogP contribution in [-0.2, 0) is 29.8 Å². The number of carboxylic acid groups (broad SMARTS) is 1. The van der Waals surface area contributed by atoms with Gasteiger partial charge in [0.25, 0.3) is 16.7 Å². The first-order valence-electron chi connectivity index (χ1n) is 19.6. The number of rotatable bonds is 15. The lowest BCUT2D eigenvalue weighted by atomic mass is 9.85. The van der Waals surface area contributed by atoms with Gasteiger partial charge in [0.05, 0.1) is 31.5 Å². The van der Waals surface area contributed by atoms with E-state index in [9.17, 15) is 21.9 Å². The quantitative estimate of drug-likeness (QED) is 0.0839. The van der Waals surface area contributed by atoms with Gasteiger partial charge < -0.3 is 39.0 Å². The number of carbonyl (C=O) groups is 1. The molecule has 332 valence electrons. The smallest absolute Gasteiger partial charge is 0.290 e. The zero-order chi connectivity index (χ0) is 44.0. The summed E-state index contributed by atoms with van der Waals surface area (Å²) < 4.78 is 71.2. The van der Waals surface area contributed by atoms with Crippen LogP contribution in [0, 0.1) is 23.7 Å². The summed E-state index contributed by atoms with van der Waals surface area (Å²) in [5.41, 5.74) is 3.77. The third kappa shape index (κ3) is 13.6. The van der Waals surface area contributed by atoms with Crippen LogP contribution in [0.25, 0.3) is 21.8 Å². The number of phenolic OH excluding ortho intramolecular Hbond substituents is 1. The molecule has 0 aliphatic carbocycles. The number of aromatic nitrogens is 2. The van der Waals surface area contributed by atoms with E-state index in [1.165, 1.54) is 13.4 Å². The number of aromatic hydroxyl groups is 1. The molecule has 0 spiro atoms. The maximum atomic E-state index is 11.4. The minimum absolute atomic E-state index is 0.0943. The fourth-order valence-electron chi connectivity index (χ4n) is 7.68. The van der Waals surface area contributed by atoms with Gasteiger partial charge in [-0.15, -0.1) is 0 Å². The number of pyridine rings is 2. The molecular weight excluding hydrogens is 819 g/mol. The summed E-state index contributed by atoms with van der Waals surface area (Å²) in [5.74, 6) is 3.18. The molecule has 0 amide bonds. The van der Waals surface area contributed by atoms with E-state index in [4.69, 9.17) is 34.0 Å². The first-order chi connectivity index (χ1) is 28.5. The van der Waals surface area contributed by atoms with Crippen LogP contribution in [-0.4, -0.2) is 117 Å². The summed E-state index contributed by atoms with van der Waals surface area (Å²) in [5, 5.41) is 23.9. The molecule has 2 aliphatic rings. The highest BCUT2D eigenvalue weighted by Gasteiger charge is 2.27. The third-order valence-electron chi connectivity index (χ3n) is 11.0. The Kier molecular flexibility index (Phi) is 17.7. The van der Waals surface area contributed by atoms with Gasteiger partial charge in [-0.25, -0.2) is 23.0 Å². The van der Waals surface area contributed by atoms with Gasteiger partial charge in [0.15, 0.2) is 29.8 Å². The molecule has 18 nitrogen and oxygen atoms in total. The summed E-state index contributed by atoms with van der Waals surface area (Å²) in [7, 11) is -2.10. The van der Waals surface area contributed by atoms with Crippen LogP contribution < -0.4 is 38.6 Å². The van der Waals surface area contributed by atoms with Gasteiger partial charge >= 0.3 is 0 Å². The molecular formula is C40H59N7O11S2. The third-order valence-corrected chi connectivity index (χ3v) is 12.3. The van der Waals surface area contributed by atoms with Gasteiger partial charge in [0.1, 0.15) is 0 Å². The van der Waals surface area contributed by atoms with E-state index in [1.807, 2.05) is 37.4 Å². The summed E-state index contributed by atoms with van der Waals surface area (Å²) >= 11 is 0. The van der Waals surface area contributed by atoms with Gasteiger partial charge in [-0.1, -0.05) is 13.8 Å². The predicted molar refractivity (Wildman–Crippen MR) is 232 cm³/mol. The second-order valence-electron chi connectivity index (χ2n) is 15.0. The molecule has 6 rings (SSSR count). The highest BCUT2D eigenvalue weighted by Crippen LogP contribution is 2.39.